The zero-order valence-corrected chi connectivity index (χ0v) is 28.5. The van der Waals surface area contributed by atoms with Crippen molar-refractivity contribution >= 4 is 17.4 Å². The van der Waals surface area contributed by atoms with Crippen LogP contribution in [0.5, 0.6) is 5.75 Å². The van der Waals surface area contributed by atoms with Crippen molar-refractivity contribution in [3.05, 3.63) is 77.7 Å². The Morgan fingerprint density at radius 2 is 1.85 bits per heavy atom. The second-order valence-electron chi connectivity index (χ2n) is 13.4. The maximum absolute atomic E-state index is 12.7. The van der Waals surface area contributed by atoms with Crippen LogP contribution >= 0.6 is 0 Å². The van der Waals surface area contributed by atoms with Gasteiger partial charge in [-0.2, -0.15) is 9.61 Å². The van der Waals surface area contributed by atoms with E-state index < -0.39 is 17.7 Å². The van der Waals surface area contributed by atoms with Gasteiger partial charge in [-0.15, -0.1) is 13.2 Å². The topological polar surface area (TPSA) is 108 Å². The SMILES string of the molecule is C=CCOC1(C)CCN(c2c(C(OC(C)(C)C)C(=O)O)c(C)nc3cc(COCc4ccc(C)cc4OC(C)CC=C)nn23)CC1. The molecule has 1 fully saturated rings. The molecule has 10 nitrogen and oxygen atoms in total. The Bertz CT molecular complexity index is 1530. The number of fused-ring (bicyclic) bond motifs is 1. The highest BCUT2D eigenvalue weighted by atomic mass is 16.5. The minimum absolute atomic E-state index is 0.00323. The minimum Gasteiger partial charge on any atom is -0.490 e. The number of nitrogens with zero attached hydrogens (tertiary/aromatic N) is 4. The van der Waals surface area contributed by atoms with Crippen molar-refractivity contribution < 1.29 is 28.8 Å². The molecular formula is C36H50N4O6. The van der Waals surface area contributed by atoms with Crippen molar-refractivity contribution in [2.45, 2.75) is 104 Å². The first-order valence-corrected chi connectivity index (χ1v) is 16.0. The van der Waals surface area contributed by atoms with Crippen molar-refractivity contribution in [2.24, 2.45) is 0 Å². The Balaban J connectivity index is 1.67. The van der Waals surface area contributed by atoms with Crippen LogP contribution in [-0.2, 0) is 32.2 Å². The summed E-state index contributed by atoms with van der Waals surface area (Å²) in [6.07, 6.45) is 4.63. The molecule has 0 amide bonds. The molecule has 3 heterocycles. The lowest BCUT2D eigenvalue weighted by molar-refractivity contribution is -0.160. The van der Waals surface area contributed by atoms with Gasteiger partial charge in [0, 0.05) is 36.8 Å². The van der Waals surface area contributed by atoms with Crippen molar-refractivity contribution in [2.75, 3.05) is 24.6 Å². The number of carbonyl (C=O) groups is 1. The maximum Gasteiger partial charge on any atom is 0.337 e. The van der Waals surface area contributed by atoms with Crippen molar-refractivity contribution in [1.82, 2.24) is 14.6 Å². The molecular weight excluding hydrogens is 584 g/mol. The average molecular weight is 635 g/mol. The minimum atomic E-state index is -1.23. The van der Waals surface area contributed by atoms with Crippen LogP contribution in [0.1, 0.15) is 88.1 Å². The van der Waals surface area contributed by atoms with Gasteiger partial charge in [0.15, 0.2) is 11.8 Å². The molecule has 1 aliphatic heterocycles. The number of aromatic nitrogens is 3. The fourth-order valence-corrected chi connectivity index (χ4v) is 5.68. The number of aliphatic carboxylic acids is 1. The lowest BCUT2D eigenvalue weighted by atomic mass is 9.92. The first kappa shape index (κ1) is 35.1. The Morgan fingerprint density at radius 3 is 2.48 bits per heavy atom. The van der Waals surface area contributed by atoms with E-state index in [0.29, 0.717) is 54.7 Å². The average Bonchev–Trinajstić information content (AvgIpc) is 3.37. The van der Waals surface area contributed by atoms with E-state index in [1.165, 1.54) is 0 Å². The number of hydrogen-bond donors (Lipinski definition) is 1. The summed E-state index contributed by atoms with van der Waals surface area (Å²) in [5.74, 6) is 0.383. The van der Waals surface area contributed by atoms with E-state index in [1.54, 1.807) is 10.6 Å². The molecule has 0 radical (unpaired) electrons. The van der Waals surface area contributed by atoms with Gasteiger partial charge in [-0.25, -0.2) is 9.78 Å². The lowest BCUT2D eigenvalue weighted by Gasteiger charge is -2.41. The molecule has 10 heteroatoms. The summed E-state index contributed by atoms with van der Waals surface area (Å²) in [6, 6.07) is 7.98. The van der Waals surface area contributed by atoms with Gasteiger partial charge in [0.05, 0.1) is 48.4 Å². The van der Waals surface area contributed by atoms with Crippen LogP contribution in [0, 0.1) is 13.8 Å². The molecule has 46 heavy (non-hydrogen) atoms. The van der Waals surface area contributed by atoms with Crippen LogP contribution < -0.4 is 9.64 Å². The highest BCUT2D eigenvalue weighted by Crippen LogP contribution is 2.37. The van der Waals surface area contributed by atoms with Crippen LogP contribution in [0.25, 0.3) is 5.65 Å². The van der Waals surface area contributed by atoms with Crippen molar-refractivity contribution in [3.8, 4) is 5.75 Å². The van der Waals surface area contributed by atoms with E-state index in [4.69, 9.17) is 29.0 Å². The third kappa shape index (κ3) is 8.74. The summed E-state index contributed by atoms with van der Waals surface area (Å²) >= 11 is 0. The van der Waals surface area contributed by atoms with E-state index in [2.05, 4.69) is 25.0 Å². The predicted molar refractivity (Wildman–Crippen MR) is 180 cm³/mol. The Labute approximate surface area is 273 Å². The number of aryl methyl sites for hydroxylation is 2. The number of ether oxygens (including phenoxy) is 4. The second-order valence-corrected chi connectivity index (χ2v) is 13.4. The van der Waals surface area contributed by atoms with Gasteiger partial charge >= 0.3 is 5.97 Å². The smallest absolute Gasteiger partial charge is 0.337 e. The largest absolute Gasteiger partial charge is 0.490 e. The Morgan fingerprint density at radius 1 is 1.13 bits per heavy atom. The Kier molecular flexibility index (Phi) is 11.3. The van der Waals surface area contributed by atoms with Gasteiger partial charge in [0.1, 0.15) is 11.6 Å². The summed E-state index contributed by atoms with van der Waals surface area (Å²) < 4.78 is 26.3. The van der Waals surface area contributed by atoms with Crippen LogP contribution in [0.3, 0.4) is 0 Å². The summed E-state index contributed by atoms with van der Waals surface area (Å²) in [7, 11) is 0. The molecule has 2 unspecified atom stereocenters. The van der Waals surface area contributed by atoms with Crippen LogP contribution in [0.15, 0.2) is 49.6 Å². The molecule has 1 N–H and O–H groups in total. The van der Waals surface area contributed by atoms with E-state index in [9.17, 15) is 9.90 Å². The zero-order valence-electron chi connectivity index (χ0n) is 28.5. The maximum atomic E-state index is 12.7. The van der Waals surface area contributed by atoms with Gasteiger partial charge in [-0.05, 0) is 72.9 Å². The molecule has 1 aliphatic rings. The predicted octanol–water partition coefficient (Wildman–Crippen LogP) is 6.91. The van der Waals surface area contributed by atoms with Crippen molar-refractivity contribution in [3.63, 3.8) is 0 Å². The molecule has 0 saturated carbocycles. The van der Waals surface area contributed by atoms with E-state index >= 15 is 0 Å². The molecule has 3 aromatic rings. The van der Waals surface area contributed by atoms with Gasteiger partial charge < -0.3 is 29.0 Å². The molecule has 250 valence electrons. The van der Waals surface area contributed by atoms with Crippen LogP contribution in [0.4, 0.5) is 5.82 Å². The second kappa shape index (κ2) is 14.8. The molecule has 1 saturated heterocycles. The molecule has 4 rings (SSSR count). The van der Waals surface area contributed by atoms with Gasteiger partial charge in [0.2, 0.25) is 0 Å². The number of piperidine rings is 1. The highest BCUT2D eigenvalue weighted by Gasteiger charge is 2.37. The third-order valence-electron chi connectivity index (χ3n) is 8.04. The highest BCUT2D eigenvalue weighted by molar-refractivity contribution is 5.78. The summed E-state index contributed by atoms with van der Waals surface area (Å²) in [4.78, 5) is 19.7. The summed E-state index contributed by atoms with van der Waals surface area (Å²) in [5.41, 5.74) is 3.42. The molecule has 2 aromatic heterocycles. The first-order chi connectivity index (χ1) is 21.7. The number of anilines is 1. The molecule has 0 bridgehead atoms. The monoisotopic (exact) mass is 634 g/mol. The van der Waals surface area contributed by atoms with E-state index in [1.807, 2.05) is 71.9 Å². The molecule has 0 aliphatic carbocycles. The number of benzene rings is 1. The van der Waals surface area contributed by atoms with Crippen molar-refractivity contribution in [1.29, 1.82) is 0 Å². The van der Waals surface area contributed by atoms with Crippen LogP contribution in [0.2, 0.25) is 0 Å². The lowest BCUT2D eigenvalue weighted by Crippen LogP contribution is -2.45. The zero-order chi connectivity index (χ0) is 33.6. The van der Waals surface area contributed by atoms with Gasteiger partial charge in [0.25, 0.3) is 0 Å². The fourth-order valence-electron chi connectivity index (χ4n) is 5.68. The summed E-state index contributed by atoms with van der Waals surface area (Å²) in [6.45, 7) is 23.5. The summed E-state index contributed by atoms with van der Waals surface area (Å²) in [5, 5.41) is 15.3. The number of carboxylic acids is 1. The normalized spacial score (nSPS) is 16.3. The standard InChI is InChI=1S/C36H50N4O6/c1-10-12-25(4)45-29-20-24(3)13-14-27(29)22-43-23-28-21-30-37-26(5)31(32(34(41)42)46-35(6,7)8)33(40(30)38-28)39-17-15-36(9,16-18-39)44-19-11-2/h10-11,13-14,20-21,25,32H,1-2,12,15-19,22-23H2,3-9H3,(H,41,42). The van der Waals surface area contributed by atoms with E-state index in [-0.39, 0.29) is 18.3 Å². The quantitative estimate of drug-likeness (QED) is 0.179. The Hall–Kier alpha value is -3.73. The van der Waals surface area contributed by atoms with E-state index in [0.717, 1.165) is 36.1 Å². The van der Waals surface area contributed by atoms with Crippen LogP contribution in [-0.4, -0.2) is 62.7 Å². The number of hydrogen-bond acceptors (Lipinski definition) is 8. The third-order valence-corrected chi connectivity index (χ3v) is 8.04. The molecule has 2 atom stereocenters. The first-order valence-electron chi connectivity index (χ1n) is 16.0. The van der Waals surface area contributed by atoms with Gasteiger partial charge in [-0.1, -0.05) is 24.3 Å². The molecule has 0 spiro atoms. The number of carboxylic acid groups (broad SMARTS) is 1. The van der Waals surface area contributed by atoms with Gasteiger partial charge in [-0.3, -0.25) is 0 Å². The number of rotatable bonds is 15. The fraction of sp³-hybridized carbons (Fsp3) is 0.528. The molecule has 1 aromatic carbocycles.